The van der Waals surface area contributed by atoms with Crippen molar-refractivity contribution >= 4 is 21.9 Å². The van der Waals surface area contributed by atoms with Crippen LogP contribution < -0.4 is 4.73 Å². The molecule has 2 heterocycles. The first kappa shape index (κ1) is 9.67. The van der Waals surface area contributed by atoms with Gasteiger partial charge in [-0.2, -0.15) is 9.99 Å². The molecule has 0 aliphatic rings. The Morgan fingerprint density at radius 1 is 1.29 bits per heavy atom. The van der Waals surface area contributed by atoms with E-state index < -0.39 is 0 Å². The zero-order valence-electron chi connectivity index (χ0n) is 9.21. The average molecular weight is 223 g/mol. The monoisotopic (exact) mass is 223 g/mol. The summed E-state index contributed by atoms with van der Waals surface area (Å²) in [5, 5.41) is 21.7. The zero-order chi connectivity index (χ0) is 12.0. The summed E-state index contributed by atoms with van der Waals surface area (Å²) in [4.78, 5) is 0. The van der Waals surface area contributed by atoms with Crippen molar-refractivity contribution in [3.8, 4) is 6.07 Å². The van der Waals surface area contributed by atoms with E-state index in [0.29, 0.717) is 11.1 Å². The fraction of sp³-hybridized carbons (Fsp3) is 0.0769. The smallest absolute Gasteiger partial charge is 0.249 e. The molecule has 1 aromatic carbocycles. The molecular formula is C13H9N3O. The molecule has 0 unspecified atom stereocenters. The molecule has 0 N–H and O–H groups in total. The van der Waals surface area contributed by atoms with Gasteiger partial charge >= 0.3 is 0 Å². The molecule has 3 aromatic rings. The molecule has 0 saturated carbocycles. The lowest BCUT2D eigenvalue weighted by Gasteiger charge is -1.99. The third kappa shape index (κ3) is 1.20. The molecule has 0 bridgehead atoms. The van der Waals surface area contributed by atoms with Crippen LogP contribution in [0.25, 0.3) is 21.9 Å². The van der Waals surface area contributed by atoms with Gasteiger partial charge in [-0.25, -0.2) is 0 Å². The van der Waals surface area contributed by atoms with E-state index in [2.05, 4.69) is 0 Å². The Bertz CT molecular complexity index is 781. The summed E-state index contributed by atoms with van der Waals surface area (Å²) in [5.41, 5.74) is 2.75. The van der Waals surface area contributed by atoms with E-state index in [4.69, 9.17) is 5.26 Å². The number of nitriles is 1. The predicted octanol–water partition coefficient (Wildman–Crippen LogP) is 1.84. The number of hydrogen-bond donors (Lipinski definition) is 0. The van der Waals surface area contributed by atoms with Crippen LogP contribution in [0.15, 0.2) is 36.5 Å². The Morgan fingerprint density at radius 2 is 2.06 bits per heavy atom. The molecule has 0 spiro atoms. The van der Waals surface area contributed by atoms with E-state index >= 15 is 0 Å². The summed E-state index contributed by atoms with van der Waals surface area (Å²) < 4.78 is 2.70. The highest BCUT2D eigenvalue weighted by molar-refractivity contribution is 6.04. The van der Waals surface area contributed by atoms with Gasteiger partial charge in [-0.1, -0.05) is 12.1 Å². The molecule has 17 heavy (non-hydrogen) atoms. The second-order valence-corrected chi connectivity index (χ2v) is 3.98. The van der Waals surface area contributed by atoms with Crippen LogP contribution in [0.3, 0.4) is 0 Å². The number of aromatic nitrogens is 2. The molecule has 2 aromatic heterocycles. The molecule has 0 atom stereocenters. The highest BCUT2D eigenvalue weighted by atomic mass is 16.5. The Kier molecular flexibility index (Phi) is 1.83. The second-order valence-electron chi connectivity index (χ2n) is 3.98. The first-order valence-electron chi connectivity index (χ1n) is 5.23. The van der Waals surface area contributed by atoms with Crippen LogP contribution in [0.5, 0.6) is 0 Å². The largest absolute Gasteiger partial charge is 0.618 e. The normalized spacial score (nSPS) is 10.8. The van der Waals surface area contributed by atoms with Gasteiger partial charge < -0.3 is 9.77 Å². The number of nitrogens with zero attached hydrogens (tertiary/aromatic N) is 3. The lowest BCUT2D eigenvalue weighted by atomic mass is 10.2. The number of aryl methyl sites for hydroxylation is 1. The van der Waals surface area contributed by atoms with Crippen molar-refractivity contribution in [3.63, 3.8) is 0 Å². The summed E-state index contributed by atoms with van der Waals surface area (Å²) in [6.07, 6.45) is 1.31. The van der Waals surface area contributed by atoms with Crippen molar-refractivity contribution < 1.29 is 4.73 Å². The van der Waals surface area contributed by atoms with Gasteiger partial charge in [0.1, 0.15) is 17.1 Å². The minimum absolute atomic E-state index is 0.374. The fourth-order valence-corrected chi connectivity index (χ4v) is 2.23. The number of rotatable bonds is 0. The molecule has 0 fully saturated rings. The van der Waals surface area contributed by atoms with Crippen molar-refractivity contribution in [2.45, 2.75) is 0 Å². The lowest BCUT2D eigenvalue weighted by Crippen LogP contribution is -2.26. The topological polar surface area (TPSA) is 55.7 Å². The highest BCUT2D eigenvalue weighted by Crippen LogP contribution is 2.25. The fourth-order valence-electron chi connectivity index (χ4n) is 2.23. The van der Waals surface area contributed by atoms with Crippen molar-refractivity contribution in [2.24, 2.45) is 7.05 Å². The molecule has 4 heteroatoms. The quantitative estimate of drug-likeness (QED) is 0.431. The summed E-state index contributed by atoms with van der Waals surface area (Å²) in [5.74, 6) is 0. The van der Waals surface area contributed by atoms with E-state index in [1.807, 2.05) is 41.9 Å². The predicted molar refractivity (Wildman–Crippen MR) is 64.1 cm³/mol. The number of fused-ring (bicyclic) bond motifs is 3. The summed E-state index contributed by atoms with van der Waals surface area (Å²) in [7, 11) is 1.89. The summed E-state index contributed by atoms with van der Waals surface area (Å²) >= 11 is 0. The zero-order valence-corrected chi connectivity index (χ0v) is 9.21. The Morgan fingerprint density at radius 3 is 2.82 bits per heavy atom. The Hall–Kier alpha value is -2.54. The first-order valence-corrected chi connectivity index (χ1v) is 5.23. The molecule has 0 saturated heterocycles. The second kappa shape index (κ2) is 3.22. The van der Waals surface area contributed by atoms with E-state index in [9.17, 15) is 5.21 Å². The van der Waals surface area contributed by atoms with Gasteiger partial charge in [0.15, 0.2) is 6.20 Å². The molecule has 4 nitrogen and oxygen atoms in total. The van der Waals surface area contributed by atoms with E-state index in [0.717, 1.165) is 21.2 Å². The maximum atomic E-state index is 11.9. The van der Waals surface area contributed by atoms with Gasteiger partial charge in [-0.15, -0.1) is 0 Å². The summed E-state index contributed by atoms with van der Waals surface area (Å²) in [6.45, 7) is 0. The van der Waals surface area contributed by atoms with Gasteiger partial charge in [0.05, 0.1) is 10.9 Å². The standard InChI is InChI=1S/C13H9N3O/c1-15-11-5-3-2-4-10(11)13-12(15)6-9(7-14)8-16(13)17/h2-6,8H,1H3. The molecule has 0 amide bonds. The van der Waals surface area contributed by atoms with Gasteiger partial charge in [-0.05, 0) is 18.2 Å². The SMILES string of the molecule is Cn1c2ccccc2c2c1cc(C#N)c[n+]2[O-]. The molecular weight excluding hydrogens is 214 g/mol. The third-order valence-electron chi connectivity index (χ3n) is 3.02. The maximum absolute atomic E-state index is 11.9. The van der Waals surface area contributed by atoms with Crippen LogP contribution in [0.2, 0.25) is 0 Å². The van der Waals surface area contributed by atoms with E-state index in [1.54, 1.807) is 6.07 Å². The number of benzene rings is 1. The van der Waals surface area contributed by atoms with Crippen LogP contribution in [-0.4, -0.2) is 4.57 Å². The number of pyridine rings is 1. The Labute approximate surface area is 97.5 Å². The molecule has 3 rings (SSSR count). The van der Waals surface area contributed by atoms with Gasteiger partial charge in [0.25, 0.3) is 0 Å². The van der Waals surface area contributed by atoms with Crippen LogP contribution in [0.4, 0.5) is 0 Å². The van der Waals surface area contributed by atoms with Crippen molar-refractivity contribution in [3.05, 3.63) is 47.3 Å². The molecule has 0 aliphatic carbocycles. The average Bonchev–Trinajstić information content (AvgIpc) is 2.64. The van der Waals surface area contributed by atoms with Crippen LogP contribution in [0, 0.1) is 16.5 Å². The minimum Gasteiger partial charge on any atom is -0.618 e. The highest BCUT2D eigenvalue weighted by Gasteiger charge is 2.16. The van der Waals surface area contributed by atoms with Crippen LogP contribution >= 0.6 is 0 Å². The molecule has 0 aliphatic heterocycles. The molecule has 0 radical (unpaired) electrons. The summed E-state index contributed by atoms with van der Waals surface area (Å²) in [6, 6.07) is 11.4. The minimum atomic E-state index is 0.374. The van der Waals surface area contributed by atoms with Crippen molar-refractivity contribution in [2.75, 3.05) is 0 Å². The third-order valence-corrected chi connectivity index (χ3v) is 3.02. The van der Waals surface area contributed by atoms with Crippen LogP contribution in [0.1, 0.15) is 5.56 Å². The van der Waals surface area contributed by atoms with Gasteiger partial charge in [-0.3, -0.25) is 0 Å². The molecule has 82 valence electrons. The van der Waals surface area contributed by atoms with E-state index in [-0.39, 0.29) is 0 Å². The number of hydrogen-bond acceptors (Lipinski definition) is 2. The first-order chi connectivity index (χ1) is 8.22. The number of para-hydroxylation sites is 1. The van der Waals surface area contributed by atoms with Crippen LogP contribution in [-0.2, 0) is 7.05 Å². The maximum Gasteiger partial charge on any atom is 0.249 e. The van der Waals surface area contributed by atoms with Gasteiger partial charge in [0.2, 0.25) is 5.52 Å². The van der Waals surface area contributed by atoms with Crippen molar-refractivity contribution in [1.82, 2.24) is 4.57 Å². The van der Waals surface area contributed by atoms with Crippen molar-refractivity contribution in [1.29, 1.82) is 5.26 Å². The van der Waals surface area contributed by atoms with Gasteiger partial charge in [0, 0.05) is 7.05 Å². The van der Waals surface area contributed by atoms with E-state index in [1.165, 1.54) is 6.20 Å². The Balaban J connectivity index is 2.63. The lowest BCUT2D eigenvalue weighted by molar-refractivity contribution is -0.576.